The fourth-order valence-electron chi connectivity index (χ4n) is 4.78. The number of carbonyl (C=O) groups excluding carboxylic acids is 2. The molecule has 1 N–H and O–H groups in total. The summed E-state index contributed by atoms with van der Waals surface area (Å²) in [5, 5.41) is 12.1. The van der Waals surface area contributed by atoms with Crippen LogP contribution >= 0.6 is 23.2 Å². The van der Waals surface area contributed by atoms with Gasteiger partial charge in [-0.05, 0) is 66.3 Å². The minimum Gasteiger partial charge on any atom is -0.353 e. The first-order valence-corrected chi connectivity index (χ1v) is 12.9. The zero-order valence-electron chi connectivity index (χ0n) is 19.7. The summed E-state index contributed by atoms with van der Waals surface area (Å²) < 4.78 is 0. The van der Waals surface area contributed by atoms with Crippen LogP contribution in [0.3, 0.4) is 0 Å². The van der Waals surface area contributed by atoms with E-state index in [0.29, 0.717) is 29.1 Å². The van der Waals surface area contributed by atoms with Gasteiger partial charge >= 0.3 is 0 Å². The van der Waals surface area contributed by atoms with Crippen LogP contribution in [-0.4, -0.2) is 53.1 Å². The zero-order valence-corrected chi connectivity index (χ0v) is 21.3. The minimum atomic E-state index is -0.0590. The van der Waals surface area contributed by atoms with Gasteiger partial charge in [-0.2, -0.15) is 5.10 Å². The molecule has 2 aliphatic rings. The number of anilines is 2. The first-order valence-electron chi connectivity index (χ1n) is 12.1. The summed E-state index contributed by atoms with van der Waals surface area (Å²) in [6, 6.07) is 17.1. The fraction of sp³-hybridized carbons (Fsp3) is 0.333. The van der Waals surface area contributed by atoms with Crippen molar-refractivity contribution in [1.29, 1.82) is 0 Å². The number of likely N-dealkylation sites (tertiary alicyclic amines) is 1. The van der Waals surface area contributed by atoms with E-state index in [0.717, 1.165) is 43.0 Å². The van der Waals surface area contributed by atoms with Gasteiger partial charge < -0.3 is 15.1 Å². The second-order valence-corrected chi connectivity index (χ2v) is 10.2. The smallest absolute Gasteiger partial charge is 0.231 e. The van der Waals surface area contributed by atoms with Crippen LogP contribution in [0.2, 0.25) is 10.0 Å². The van der Waals surface area contributed by atoms with Gasteiger partial charge in [-0.25, -0.2) is 0 Å². The number of halogens is 2. The van der Waals surface area contributed by atoms with Gasteiger partial charge in [-0.15, -0.1) is 5.10 Å². The summed E-state index contributed by atoms with van der Waals surface area (Å²) in [6.45, 7) is 2.72. The number of piperidine rings is 1. The third-order valence-electron chi connectivity index (χ3n) is 6.99. The topological polar surface area (TPSA) is 78.4 Å². The van der Waals surface area contributed by atoms with E-state index in [1.165, 1.54) is 5.56 Å². The van der Waals surface area contributed by atoms with Gasteiger partial charge in [-0.3, -0.25) is 9.59 Å². The summed E-state index contributed by atoms with van der Waals surface area (Å²) in [5.74, 6) is 1.24. The maximum Gasteiger partial charge on any atom is 0.231 e. The Morgan fingerprint density at radius 1 is 1.00 bits per heavy atom. The van der Waals surface area contributed by atoms with Crippen molar-refractivity contribution < 1.29 is 9.59 Å². The van der Waals surface area contributed by atoms with Crippen LogP contribution in [0.25, 0.3) is 0 Å². The molecule has 1 aromatic heterocycles. The van der Waals surface area contributed by atoms with E-state index in [1.54, 1.807) is 18.3 Å². The Kier molecular flexibility index (Phi) is 7.39. The summed E-state index contributed by atoms with van der Waals surface area (Å²) in [5.41, 5.74) is 2.83. The molecule has 7 nitrogen and oxygen atoms in total. The van der Waals surface area contributed by atoms with Crippen molar-refractivity contribution in [1.82, 2.24) is 15.1 Å². The lowest BCUT2D eigenvalue weighted by molar-refractivity contribution is -0.131. The second kappa shape index (κ2) is 10.8. The molecule has 0 radical (unpaired) electrons. The van der Waals surface area contributed by atoms with Crippen molar-refractivity contribution in [3.63, 3.8) is 0 Å². The van der Waals surface area contributed by atoms with E-state index in [4.69, 9.17) is 23.2 Å². The Balaban J connectivity index is 1.08. The molecule has 0 unspecified atom stereocenters. The number of aromatic nitrogens is 2. The van der Waals surface area contributed by atoms with E-state index in [1.807, 2.05) is 40.1 Å². The number of hydrogen-bond acceptors (Lipinski definition) is 5. The van der Waals surface area contributed by atoms with Crippen LogP contribution in [-0.2, 0) is 16.0 Å². The molecule has 0 bridgehead atoms. The fourth-order valence-corrected chi connectivity index (χ4v) is 5.25. The van der Waals surface area contributed by atoms with Crippen LogP contribution in [0.4, 0.5) is 11.5 Å². The molecule has 0 spiro atoms. The SMILES string of the molecule is O=C(Nc1ccc(C2CCN(C(=O)Cc3ccc(Cl)cc3Cl)CC2)cc1)C1CN(c2cccnn2)C1. The molecule has 3 aromatic rings. The molecule has 0 aliphatic carbocycles. The Labute approximate surface area is 220 Å². The van der Waals surface area contributed by atoms with Gasteiger partial charge in [0, 0.05) is 48.1 Å². The highest BCUT2D eigenvalue weighted by atomic mass is 35.5. The average molecular weight is 524 g/mol. The number of nitrogens with zero attached hydrogens (tertiary/aromatic N) is 4. The van der Waals surface area contributed by atoms with E-state index in [9.17, 15) is 9.59 Å². The number of nitrogens with one attached hydrogen (secondary N) is 1. The molecule has 3 heterocycles. The molecule has 2 aliphatic heterocycles. The van der Waals surface area contributed by atoms with Crippen LogP contribution in [0.1, 0.15) is 29.9 Å². The average Bonchev–Trinajstić information content (AvgIpc) is 2.86. The molecule has 5 rings (SSSR count). The lowest BCUT2D eigenvalue weighted by Crippen LogP contribution is -2.52. The molecular formula is C27H27Cl2N5O2. The van der Waals surface area contributed by atoms with E-state index in [2.05, 4.69) is 27.6 Å². The largest absolute Gasteiger partial charge is 0.353 e. The van der Waals surface area contributed by atoms with Gasteiger partial charge in [0.1, 0.15) is 0 Å². The number of hydrogen-bond donors (Lipinski definition) is 1. The van der Waals surface area contributed by atoms with Crippen molar-refractivity contribution in [3.8, 4) is 0 Å². The highest BCUT2D eigenvalue weighted by Crippen LogP contribution is 2.30. The van der Waals surface area contributed by atoms with Crippen molar-refractivity contribution in [3.05, 3.63) is 82.0 Å². The predicted molar refractivity (Wildman–Crippen MR) is 142 cm³/mol. The Morgan fingerprint density at radius 2 is 1.75 bits per heavy atom. The third-order valence-corrected chi connectivity index (χ3v) is 7.58. The molecule has 0 saturated carbocycles. The van der Waals surface area contributed by atoms with E-state index >= 15 is 0 Å². The van der Waals surface area contributed by atoms with Gasteiger partial charge in [0.25, 0.3) is 0 Å². The number of benzene rings is 2. The summed E-state index contributed by atoms with van der Waals surface area (Å²) in [6.07, 6.45) is 3.74. The highest BCUT2D eigenvalue weighted by Gasteiger charge is 2.33. The van der Waals surface area contributed by atoms with E-state index in [-0.39, 0.29) is 24.2 Å². The molecule has 186 valence electrons. The van der Waals surface area contributed by atoms with Crippen molar-refractivity contribution >= 4 is 46.5 Å². The van der Waals surface area contributed by atoms with Gasteiger partial charge in [0.2, 0.25) is 11.8 Å². The quantitative estimate of drug-likeness (QED) is 0.501. The molecule has 9 heteroatoms. The van der Waals surface area contributed by atoms with Crippen LogP contribution in [0.5, 0.6) is 0 Å². The molecule has 0 atom stereocenters. The molecule has 2 saturated heterocycles. The Hall–Kier alpha value is -3.16. The second-order valence-electron chi connectivity index (χ2n) is 9.36. The van der Waals surface area contributed by atoms with E-state index < -0.39 is 0 Å². The Bertz CT molecular complexity index is 1220. The summed E-state index contributed by atoms with van der Waals surface area (Å²) in [7, 11) is 0. The maximum atomic E-state index is 12.8. The standard InChI is InChI=1S/C27H27Cl2N5O2/c28-22-6-3-20(24(29)15-22)14-26(35)33-12-9-19(10-13-33)18-4-7-23(8-5-18)31-27(36)21-16-34(17-21)25-2-1-11-30-32-25/h1-8,11,15,19,21H,9-10,12-14,16-17H2,(H,31,36). The first-order chi connectivity index (χ1) is 17.5. The number of amides is 2. The molecular weight excluding hydrogens is 497 g/mol. The van der Waals surface area contributed by atoms with Gasteiger partial charge in [0.05, 0.1) is 12.3 Å². The number of carbonyl (C=O) groups is 2. The molecule has 36 heavy (non-hydrogen) atoms. The normalized spacial score (nSPS) is 16.5. The summed E-state index contributed by atoms with van der Waals surface area (Å²) in [4.78, 5) is 29.3. The third kappa shape index (κ3) is 5.63. The first kappa shape index (κ1) is 24.5. The molecule has 2 aromatic carbocycles. The lowest BCUT2D eigenvalue weighted by atomic mass is 9.89. The summed E-state index contributed by atoms with van der Waals surface area (Å²) >= 11 is 12.2. The van der Waals surface area contributed by atoms with Crippen LogP contribution in [0, 0.1) is 5.92 Å². The van der Waals surface area contributed by atoms with Crippen LogP contribution < -0.4 is 10.2 Å². The highest BCUT2D eigenvalue weighted by molar-refractivity contribution is 6.35. The predicted octanol–water partition coefficient (Wildman–Crippen LogP) is 4.81. The van der Waals surface area contributed by atoms with Crippen molar-refractivity contribution in [2.24, 2.45) is 5.92 Å². The van der Waals surface area contributed by atoms with Gasteiger partial charge in [0.15, 0.2) is 5.82 Å². The minimum absolute atomic E-state index is 0.0236. The lowest BCUT2D eigenvalue weighted by Gasteiger charge is -2.38. The van der Waals surface area contributed by atoms with Crippen molar-refractivity contribution in [2.75, 3.05) is 36.4 Å². The monoisotopic (exact) mass is 523 g/mol. The van der Waals surface area contributed by atoms with Crippen molar-refractivity contribution in [2.45, 2.75) is 25.2 Å². The van der Waals surface area contributed by atoms with Crippen LogP contribution in [0.15, 0.2) is 60.8 Å². The number of rotatable bonds is 6. The zero-order chi connectivity index (χ0) is 25.1. The maximum absolute atomic E-state index is 12.8. The molecule has 2 fully saturated rings. The molecule has 2 amide bonds. The van der Waals surface area contributed by atoms with Gasteiger partial charge in [-0.1, -0.05) is 41.4 Å². The Morgan fingerprint density at radius 3 is 2.42 bits per heavy atom.